The highest BCUT2D eigenvalue weighted by molar-refractivity contribution is 7.99. The number of hydrogen-bond donors (Lipinski definition) is 1. The molecule has 30 heavy (non-hydrogen) atoms. The van der Waals surface area contributed by atoms with Crippen molar-refractivity contribution in [1.82, 2.24) is 19.7 Å². The van der Waals surface area contributed by atoms with Crippen LogP contribution in [0.2, 0.25) is 0 Å². The number of aromatic nitrogens is 3. The lowest BCUT2D eigenvalue weighted by Gasteiger charge is -2.27. The number of imide groups is 1. The predicted octanol–water partition coefficient (Wildman–Crippen LogP) is 2.63. The Morgan fingerprint density at radius 2 is 1.77 bits per heavy atom. The highest BCUT2D eigenvalue weighted by Crippen LogP contribution is 2.30. The third-order valence-corrected chi connectivity index (χ3v) is 5.80. The Balaban J connectivity index is 1.59. The highest BCUT2D eigenvalue weighted by atomic mass is 32.2. The van der Waals surface area contributed by atoms with E-state index in [-0.39, 0.29) is 24.1 Å². The van der Waals surface area contributed by atoms with E-state index in [2.05, 4.69) is 16.8 Å². The molecule has 1 N–H and O–H groups in total. The molecule has 1 aliphatic heterocycles. The summed E-state index contributed by atoms with van der Waals surface area (Å²) in [6.45, 7) is 4.25. The lowest BCUT2D eigenvalue weighted by atomic mass is 9.94. The molecule has 3 aromatic rings. The Labute approximate surface area is 176 Å². The van der Waals surface area contributed by atoms with Crippen molar-refractivity contribution in [2.75, 3.05) is 12.3 Å². The molecule has 0 radical (unpaired) electrons. The number of nitrogens with zero attached hydrogens (tertiary/aromatic N) is 4. The van der Waals surface area contributed by atoms with Gasteiger partial charge in [0.1, 0.15) is 5.82 Å². The van der Waals surface area contributed by atoms with E-state index >= 15 is 0 Å². The molecule has 2 amide bonds. The standard InChI is InChI=1S/C21H18N4O4S/c1-2-10-24-16(22-23-21(24)30-12-17(26)27)9-11-25-19(28)14-7-3-5-13-6-4-8-15(18(13)14)20(25)29/h2-8H,1,9-12H2,(H,26,27). The van der Waals surface area contributed by atoms with E-state index in [4.69, 9.17) is 5.11 Å². The molecule has 0 fully saturated rings. The van der Waals surface area contributed by atoms with Gasteiger partial charge in [0.15, 0.2) is 5.16 Å². The molecule has 0 atom stereocenters. The van der Waals surface area contributed by atoms with E-state index in [0.29, 0.717) is 40.5 Å². The number of amides is 2. The molecule has 0 spiro atoms. The van der Waals surface area contributed by atoms with Crippen LogP contribution in [0.1, 0.15) is 26.5 Å². The van der Waals surface area contributed by atoms with Gasteiger partial charge >= 0.3 is 5.97 Å². The Morgan fingerprint density at radius 3 is 2.37 bits per heavy atom. The first-order valence-corrected chi connectivity index (χ1v) is 10.3. The van der Waals surface area contributed by atoms with Crippen LogP contribution in [-0.2, 0) is 17.8 Å². The minimum absolute atomic E-state index is 0.140. The summed E-state index contributed by atoms with van der Waals surface area (Å²) in [6.07, 6.45) is 1.95. The lowest BCUT2D eigenvalue weighted by molar-refractivity contribution is -0.133. The molecular formula is C21H18N4O4S. The number of allylic oxidation sites excluding steroid dienone is 1. The van der Waals surface area contributed by atoms with Gasteiger partial charge in [0.05, 0.1) is 5.75 Å². The average molecular weight is 422 g/mol. The Bertz CT molecular complexity index is 1140. The molecule has 0 saturated heterocycles. The van der Waals surface area contributed by atoms with Gasteiger partial charge in [-0.1, -0.05) is 42.1 Å². The number of carbonyl (C=O) groups excluding carboxylic acids is 2. The molecule has 1 aliphatic rings. The quantitative estimate of drug-likeness (QED) is 0.338. The second kappa shape index (κ2) is 8.11. The SMILES string of the molecule is C=CCn1c(CCN2C(=O)c3cccc4cccc(c34)C2=O)nnc1SCC(=O)O. The molecule has 0 unspecified atom stereocenters. The van der Waals surface area contributed by atoms with Gasteiger partial charge in [-0.25, -0.2) is 0 Å². The van der Waals surface area contributed by atoms with Crippen molar-refractivity contribution in [3.63, 3.8) is 0 Å². The van der Waals surface area contributed by atoms with Gasteiger partial charge < -0.3 is 9.67 Å². The largest absolute Gasteiger partial charge is 0.481 e. The van der Waals surface area contributed by atoms with Crippen molar-refractivity contribution in [1.29, 1.82) is 0 Å². The number of carboxylic acid groups (broad SMARTS) is 1. The van der Waals surface area contributed by atoms with Crippen molar-refractivity contribution in [2.24, 2.45) is 0 Å². The summed E-state index contributed by atoms with van der Waals surface area (Å²) >= 11 is 1.06. The number of aliphatic carboxylic acids is 1. The molecule has 0 aliphatic carbocycles. The van der Waals surface area contributed by atoms with Crippen LogP contribution in [0.3, 0.4) is 0 Å². The van der Waals surface area contributed by atoms with E-state index in [0.717, 1.165) is 17.1 Å². The second-order valence-corrected chi connectivity index (χ2v) is 7.64. The summed E-state index contributed by atoms with van der Waals surface area (Å²) in [7, 11) is 0. The van der Waals surface area contributed by atoms with E-state index in [1.807, 2.05) is 12.1 Å². The van der Waals surface area contributed by atoms with Crippen LogP contribution in [0.25, 0.3) is 10.8 Å². The van der Waals surface area contributed by atoms with Crippen LogP contribution in [-0.4, -0.2) is 54.9 Å². The molecule has 0 saturated carbocycles. The third kappa shape index (κ3) is 3.48. The van der Waals surface area contributed by atoms with E-state index in [1.54, 1.807) is 34.9 Å². The first kappa shape index (κ1) is 19.8. The van der Waals surface area contributed by atoms with Crippen molar-refractivity contribution >= 4 is 40.3 Å². The van der Waals surface area contributed by atoms with Crippen molar-refractivity contribution < 1.29 is 19.5 Å². The van der Waals surface area contributed by atoms with Crippen LogP contribution >= 0.6 is 11.8 Å². The maximum absolute atomic E-state index is 13.0. The zero-order valence-electron chi connectivity index (χ0n) is 15.9. The molecule has 4 rings (SSSR count). The summed E-state index contributed by atoms with van der Waals surface area (Å²) in [4.78, 5) is 38.1. The average Bonchev–Trinajstić information content (AvgIpc) is 3.12. The molecule has 2 heterocycles. The zero-order chi connectivity index (χ0) is 21.3. The van der Waals surface area contributed by atoms with Gasteiger partial charge in [-0.2, -0.15) is 0 Å². The van der Waals surface area contributed by atoms with Crippen molar-refractivity contribution in [3.8, 4) is 0 Å². The summed E-state index contributed by atoms with van der Waals surface area (Å²) in [5, 5.41) is 19.1. The first-order chi connectivity index (χ1) is 14.5. The Morgan fingerprint density at radius 1 is 1.10 bits per heavy atom. The molecule has 1 aromatic heterocycles. The second-order valence-electron chi connectivity index (χ2n) is 6.70. The maximum Gasteiger partial charge on any atom is 0.313 e. The molecule has 0 bridgehead atoms. The van der Waals surface area contributed by atoms with Crippen LogP contribution in [0.4, 0.5) is 0 Å². The van der Waals surface area contributed by atoms with Crippen molar-refractivity contribution in [3.05, 3.63) is 66.0 Å². The molecule has 2 aromatic carbocycles. The molecule has 152 valence electrons. The van der Waals surface area contributed by atoms with Gasteiger partial charge in [-0.3, -0.25) is 19.3 Å². The number of rotatable bonds is 8. The summed E-state index contributed by atoms with van der Waals surface area (Å²) in [5.74, 6) is -1.20. The van der Waals surface area contributed by atoms with Gasteiger partial charge in [0, 0.05) is 36.0 Å². The molecule has 9 heteroatoms. The summed E-state index contributed by atoms with van der Waals surface area (Å²) in [6, 6.07) is 10.8. The Hall–Kier alpha value is -3.46. The number of carboxylic acids is 1. The van der Waals surface area contributed by atoms with Gasteiger partial charge in [0.25, 0.3) is 11.8 Å². The lowest BCUT2D eigenvalue weighted by Crippen LogP contribution is -2.41. The topological polar surface area (TPSA) is 105 Å². The van der Waals surface area contributed by atoms with E-state index in [1.165, 1.54) is 4.90 Å². The predicted molar refractivity (Wildman–Crippen MR) is 112 cm³/mol. The van der Waals surface area contributed by atoms with E-state index < -0.39 is 5.97 Å². The number of thioether (sulfide) groups is 1. The van der Waals surface area contributed by atoms with Gasteiger partial charge in [-0.15, -0.1) is 16.8 Å². The van der Waals surface area contributed by atoms with Gasteiger partial charge in [-0.05, 0) is 17.5 Å². The number of benzene rings is 2. The van der Waals surface area contributed by atoms with Crippen LogP contribution in [0.5, 0.6) is 0 Å². The summed E-state index contributed by atoms with van der Waals surface area (Å²) < 4.78 is 1.74. The fraction of sp³-hybridized carbons (Fsp3) is 0.190. The smallest absolute Gasteiger partial charge is 0.313 e. The third-order valence-electron chi connectivity index (χ3n) is 4.84. The van der Waals surface area contributed by atoms with Crippen molar-refractivity contribution in [2.45, 2.75) is 18.1 Å². The Kier molecular flexibility index (Phi) is 5.37. The molecular weight excluding hydrogens is 404 g/mol. The minimum Gasteiger partial charge on any atom is -0.481 e. The van der Waals surface area contributed by atoms with E-state index in [9.17, 15) is 14.4 Å². The first-order valence-electron chi connectivity index (χ1n) is 9.26. The normalized spacial score (nSPS) is 13.1. The number of carbonyl (C=O) groups is 3. The maximum atomic E-state index is 13.0. The van der Waals surface area contributed by atoms with Crippen LogP contribution in [0.15, 0.2) is 54.2 Å². The summed E-state index contributed by atoms with van der Waals surface area (Å²) in [5.41, 5.74) is 1.01. The fourth-order valence-corrected chi connectivity index (χ4v) is 4.23. The number of hydrogen-bond acceptors (Lipinski definition) is 6. The molecule has 8 nitrogen and oxygen atoms in total. The van der Waals surface area contributed by atoms with Crippen LogP contribution < -0.4 is 0 Å². The minimum atomic E-state index is -0.952. The fourth-order valence-electron chi connectivity index (χ4n) is 3.54. The highest BCUT2D eigenvalue weighted by Gasteiger charge is 2.32. The van der Waals surface area contributed by atoms with Crippen LogP contribution in [0, 0.1) is 0 Å². The monoisotopic (exact) mass is 422 g/mol. The van der Waals surface area contributed by atoms with Gasteiger partial charge in [0.2, 0.25) is 0 Å². The zero-order valence-corrected chi connectivity index (χ0v) is 16.8.